The third-order valence-electron chi connectivity index (χ3n) is 0.468. The SMILES string of the molecule is CCC(=O)OC=O. The van der Waals surface area contributed by atoms with Crippen molar-refractivity contribution in [1.29, 1.82) is 0 Å². The summed E-state index contributed by atoms with van der Waals surface area (Å²) in [7, 11) is 0. The van der Waals surface area contributed by atoms with Gasteiger partial charge in [-0.1, -0.05) is 6.92 Å². The zero-order valence-electron chi connectivity index (χ0n) is 4.01. The van der Waals surface area contributed by atoms with Crippen LogP contribution in [0.5, 0.6) is 0 Å². The van der Waals surface area contributed by atoms with E-state index < -0.39 is 5.97 Å². The van der Waals surface area contributed by atoms with Gasteiger partial charge in [0.1, 0.15) is 0 Å². The van der Waals surface area contributed by atoms with E-state index >= 15 is 0 Å². The van der Waals surface area contributed by atoms with Crippen molar-refractivity contribution in [2.24, 2.45) is 0 Å². The number of rotatable bonds is 2. The van der Waals surface area contributed by atoms with Gasteiger partial charge >= 0.3 is 12.4 Å². The van der Waals surface area contributed by atoms with Gasteiger partial charge in [0.2, 0.25) is 0 Å². The number of carbonyl (C=O) groups excluding carboxylic acids is 2. The summed E-state index contributed by atoms with van der Waals surface area (Å²) < 4.78 is 3.87. The van der Waals surface area contributed by atoms with Crippen molar-refractivity contribution in [1.82, 2.24) is 0 Å². The first-order valence-corrected chi connectivity index (χ1v) is 1.94. The van der Waals surface area contributed by atoms with E-state index in [4.69, 9.17) is 0 Å². The van der Waals surface area contributed by atoms with Crippen LogP contribution in [0, 0.1) is 0 Å². The lowest BCUT2D eigenvalue weighted by Gasteiger charge is -1.85. The molecule has 40 valence electrons. The van der Waals surface area contributed by atoms with Crippen molar-refractivity contribution in [3.8, 4) is 0 Å². The molecule has 0 amide bonds. The molecule has 0 saturated carbocycles. The van der Waals surface area contributed by atoms with Crippen LogP contribution in [0.4, 0.5) is 0 Å². The molecule has 3 nitrogen and oxygen atoms in total. The Kier molecular flexibility index (Phi) is 2.92. The van der Waals surface area contributed by atoms with Crippen molar-refractivity contribution >= 4 is 12.4 Å². The molecule has 0 rings (SSSR count). The topological polar surface area (TPSA) is 43.4 Å². The van der Waals surface area contributed by atoms with Gasteiger partial charge in [-0.2, -0.15) is 0 Å². The summed E-state index contributed by atoms with van der Waals surface area (Å²) >= 11 is 0. The first kappa shape index (κ1) is 6.14. The lowest BCUT2D eigenvalue weighted by atomic mass is 10.5. The van der Waals surface area contributed by atoms with Crippen LogP contribution in [-0.4, -0.2) is 12.4 Å². The molecule has 0 aliphatic carbocycles. The zero-order chi connectivity index (χ0) is 5.70. The van der Waals surface area contributed by atoms with E-state index in [2.05, 4.69) is 4.74 Å². The minimum atomic E-state index is -0.491. The fourth-order valence-corrected chi connectivity index (χ4v) is 0.137. The molecule has 0 aliphatic rings. The average molecular weight is 102 g/mol. The lowest BCUT2D eigenvalue weighted by molar-refractivity contribution is -0.151. The zero-order valence-corrected chi connectivity index (χ0v) is 4.01. The van der Waals surface area contributed by atoms with Crippen LogP contribution in [-0.2, 0) is 14.3 Å². The minimum absolute atomic E-state index is 0.131. The molecule has 0 heterocycles. The maximum Gasteiger partial charge on any atom is 0.312 e. The second-order valence-corrected chi connectivity index (χ2v) is 0.940. The van der Waals surface area contributed by atoms with Gasteiger partial charge in [0.15, 0.2) is 0 Å². The minimum Gasteiger partial charge on any atom is -0.395 e. The van der Waals surface area contributed by atoms with E-state index in [-0.39, 0.29) is 12.9 Å². The Balaban J connectivity index is 3.17. The largest absolute Gasteiger partial charge is 0.395 e. The van der Waals surface area contributed by atoms with E-state index in [0.29, 0.717) is 0 Å². The number of hydrogen-bond donors (Lipinski definition) is 0. The third kappa shape index (κ3) is 2.96. The molecule has 0 atom stereocenters. The Morgan fingerprint density at radius 3 is 2.57 bits per heavy atom. The van der Waals surface area contributed by atoms with Gasteiger partial charge in [0, 0.05) is 6.42 Å². The summed E-state index contributed by atoms with van der Waals surface area (Å²) in [4.78, 5) is 19.3. The smallest absolute Gasteiger partial charge is 0.312 e. The van der Waals surface area contributed by atoms with Gasteiger partial charge in [-0.3, -0.25) is 9.59 Å². The van der Waals surface area contributed by atoms with Gasteiger partial charge in [-0.25, -0.2) is 0 Å². The molecule has 0 bridgehead atoms. The Bertz CT molecular complexity index is 77.0. The Morgan fingerprint density at radius 1 is 1.86 bits per heavy atom. The summed E-state index contributed by atoms with van der Waals surface area (Å²) in [5, 5.41) is 0. The molecule has 0 radical (unpaired) electrons. The van der Waals surface area contributed by atoms with Crippen LogP contribution in [0.2, 0.25) is 0 Å². The molecule has 0 aliphatic heterocycles. The highest BCUT2D eigenvalue weighted by molar-refractivity contribution is 5.75. The predicted molar refractivity (Wildman–Crippen MR) is 22.4 cm³/mol. The highest BCUT2D eigenvalue weighted by atomic mass is 16.6. The number of hydrogen-bond acceptors (Lipinski definition) is 3. The fraction of sp³-hybridized carbons (Fsp3) is 0.500. The Hall–Kier alpha value is -0.860. The van der Waals surface area contributed by atoms with E-state index in [0.717, 1.165) is 0 Å². The quantitative estimate of drug-likeness (QED) is 0.282. The van der Waals surface area contributed by atoms with Crippen molar-refractivity contribution in [2.75, 3.05) is 0 Å². The monoisotopic (exact) mass is 102 g/mol. The van der Waals surface area contributed by atoms with Crippen molar-refractivity contribution in [2.45, 2.75) is 13.3 Å². The summed E-state index contributed by atoms with van der Waals surface area (Å²) in [6.07, 6.45) is 0.249. The van der Waals surface area contributed by atoms with Crippen LogP contribution in [0.15, 0.2) is 0 Å². The molecular weight excluding hydrogens is 96.0 g/mol. The maximum absolute atomic E-state index is 9.96. The molecule has 7 heavy (non-hydrogen) atoms. The van der Waals surface area contributed by atoms with Gasteiger partial charge in [-0.15, -0.1) is 0 Å². The second kappa shape index (κ2) is 3.33. The fourth-order valence-electron chi connectivity index (χ4n) is 0.137. The molecule has 0 fully saturated rings. The molecule has 3 heteroatoms. The van der Waals surface area contributed by atoms with Gasteiger partial charge in [-0.05, 0) is 0 Å². The molecule has 0 N–H and O–H groups in total. The van der Waals surface area contributed by atoms with Crippen LogP contribution in [0.25, 0.3) is 0 Å². The Morgan fingerprint density at radius 2 is 2.43 bits per heavy atom. The van der Waals surface area contributed by atoms with Crippen molar-refractivity contribution in [3.63, 3.8) is 0 Å². The van der Waals surface area contributed by atoms with Crippen molar-refractivity contribution < 1.29 is 14.3 Å². The standard InChI is InChI=1S/C4H6O3/c1-2-4(6)7-3-5/h3H,2H2,1H3. The van der Waals surface area contributed by atoms with Gasteiger partial charge in [0.05, 0.1) is 0 Å². The Labute approximate surface area is 41.3 Å². The van der Waals surface area contributed by atoms with Gasteiger partial charge in [0.25, 0.3) is 0 Å². The summed E-state index contributed by atoms with van der Waals surface area (Å²) in [6, 6.07) is 0. The number of carbonyl (C=O) groups is 2. The lowest BCUT2D eigenvalue weighted by Crippen LogP contribution is -1.98. The highest BCUT2D eigenvalue weighted by Crippen LogP contribution is 1.77. The molecular formula is C4H6O3. The van der Waals surface area contributed by atoms with Crippen LogP contribution >= 0.6 is 0 Å². The van der Waals surface area contributed by atoms with E-state index in [1.165, 1.54) is 0 Å². The first-order chi connectivity index (χ1) is 3.31. The molecule has 0 unspecified atom stereocenters. The number of esters is 1. The molecule has 0 aromatic carbocycles. The van der Waals surface area contributed by atoms with Crippen LogP contribution in [0.3, 0.4) is 0 Å². The third-order valence-corrected chi connectivity index (χ3v) is 0.468. The summed E-state index contributed by atoms with van der Waals surface area (Å²) in [5.74, 6) is -0.491. The van der Waals surface area contributed by atoms with Crippen LogP contribution in [0.1, 0.15) is 13.3 Å². The summed E-state index contributed by atoms with van der Waals surface area (Å²) in [5.41, 5.74) is 0. The van der Waals surface area contributed by atoms with Crippen molar-refractivity contribution in [3.05, 3.63) is 0 Å². The first-order valence-electron chi connectivity index (χ1n) is 1.94. The average Bonchev–Trinajstić information content (AvgIpc) is 1.68. The second-order valence-electron chi connectivity index (χ2n) is 0.940. The maximum atomic E-state index is 9.96. The normalized spacial score (nSPS) is 7.57. The number of ether oxygens (including phenoxy) is 1. The van der Waals surface area contributed by atoms with Gasteiger partial charge < -0.3 is 4.74 Å². The van der Waals surface area contributed by atoms with E-state index in [9.17, 15) is 9.59 Å². The summed E-state index contributed by atoms with van der Waals surface area (Å²) in [6.45, 7) is 1.75. The molecule has 0 aromatic heterocycles. The van der Waals surface area contributed by atoms with Crippen LogP contribution < -0.4 is 0 Å². The van der Waals surface area contributed by atoms with E-state index in [1.54, 1.807) is 6.92 Å². The van der Waals surface area contributed by atoms with E-state index in [1.807, 2.05) is 0 Å². The highest BCUT2D eigenvalue weighted by Gasteiger charge is 1.91. The predicted octanol–water partition coefficient (Wildman–Crippen LogP) is 0.0960. The molecule has 0 aromatic rings. The molecule has 0 spiro atoms. The molecule has 0 saturated heterocycles.